The number of nitrogens with two attached hydrogens (primary N) is 1. The van der Waals surface area contributed by atoms with Gasteiger partial charge in [-0.25, -0.2) is 0 Å². The Morgan fingerprint density at radius 2 is 1.83 bits per heavy atom. The minimum Gasteiger partial charge on any atom is -0.493 e. The van der Waals surface area contributed by atoms with Crippen molar-refractivity contribution in [2.24, 2.45) is 11.7 Å². The van der Waals surface area contributed by atoms with Crippen LogP contribution >= 0.6 is 0 Å². The van der Waals surface area contributed by atoms with E-state index in [9.17, 15) is 0 Å². The van der Waals surface area contributed by atoms with Crippen molar-refractivity contribution in [2.45, 2.75) is 26.7 Å². The van der Waals surface area contributed by atoms with Crippen LogP contribution in [0.3, 0.4) is 0 Å². The zero-order valence-corrected chi connectivity index (χ0v) is 17.4. The molecule has 2 N–H and O–H groups in total. The van der Waals surface area contributed by atoms with Gasteiger partial charge in [0.05, 0.1) is 13.2 Å². The van der Waals surface area contributed by atoms with E-state index in [0.29, 0.717) is 26.4 Å². The molecular formula is C25H31NO3. The Kier molecular flexibility index (Phi) is 7.91. The van der Waals surface area contributed by atoms with Gasteiger partial charge in [-0.1, -0.05) is 36.4 Å². The predicted octanol–water partition coefficient (Wildman–Crippen LogP) is 5.07. The summed E-state index contributed by atoms with van der Waals surface area (Å²) >= 11 is 0. The van der Waals surface area contributed by atoms with Crippen LogP contribution in [0.15, 0.2) is 88.9 Å². The highest BCUT2D eigenvalue weighted by Crippen LogP contribution is 2.34. The molecule has 2 aliphatic rings. The van der Waals surface area contributed by atoms with Crippen molar-refractivity contribution in [3.8, 4) is 5.75 Å². The van der Waals surface area contributed by atoms with Crippen LogP contribution in [0.2, 0.25) is 0 Å². The minimum atomic E-state index is 0.0245. The Balaban J connectivity index is 1.90. The van der Waals surface area contributed by atoms with Crippen LogP contribution < -0.4 is 10.5 Å². The second kappa shape index (κ2) is 10.8. The molecule has 2 aliphatic carbocycles. The summed E-state index contributed by atoms with van der Waals surface area (Å²) in [4.78, 5) is 0. The summed E-state index contributed by atoms with van der Waals surface area (Å²) in [6.45, 7) is 6.40. The molecule has 0 saturated carbocycles. The number of ether oxygens (including phenoxy) is 3. The van der Waals surface area contributed by atoms with Gasteiger partial charge >= 0.3 is 0 Å². The molecule has 0 fully saturated rings. The van der Waals surface area contributed by atoms with Crippen molar-refractivity contribution in [1.29, 1.82) is 0 Å². The maximum absolute atomic E-state index is 6.15. The van der Waals surface area contributed by atoms with E-state index >= 15 is 0 Å². The molecular weight excluding hydrogens is 362 g/mol. The van der Waals surface area contributed by atoms with E-state index in [0.717, 1.165) is 41.3 Å². The smallest absolute Gasteiger partial charge is 0.130 e. The first-order valence-corrected chi connectivity index (χ1v) is 10.4. The second-order valence-corrected chi connectivity index (χ2v) is 6.94. The Hall–Kier alpha value is -2.56. The fraction of sp³-hybridized carbons (Fsp3) is 0.360. The number of para-hydroxylation sites is 1. The first kappa shape index (κ1) is 21.2. The first-order chi connectivity index (χ1) is 14.3. The molecule has 1 aromatic carbocycles. The van der Waals surface area contributed by atoms with Crippen LogP contribution in [-0.4, -0.2) is 26.4 Å². The Morgan fingerprint density at radius 1 is 1.03 bits per heavy atom. The van der Waals surface area contributed by atoms with Crippen molar-refractivity contribution in [2.75, 3.05) is 26.4 Å². The third-order valence-electron chi connectivity index (χ3n) is 4.93. The summed E-state index contributed by atoms with van der Waals surface area (Å²) in [5.41, 5.74) is 9.55. The zero-order valence-electron chi connectivity index (χ0n) is 17.4. The van der Waals surface area contributed by atoms with E-state index in [-0.39, 0.29) is 5.92 Å². The van der Waals surface area contributed by atoms with E-state index in [2.05, 4.69) is 24.3 Å². The average molecular weight is 394 g/mol. The quantitative estimate of drug-likeness (QED) is 0.595. The van der Waals surface area contributed by atoms with Gasteiger partial charge in [-0.05, 0) is 56.5 Å². The van der Waals surface area contributed by atoms with Crippen LogP contribution in [-0.2, 0) is 9.47 Å². The summed E-state index contributed by atoms with van der Waals surface area (Å²) in [5.74, 6) is 2.54. The fourth-order valence-corrected chi connectivity index (χ4v) is 3.55. The third kappa shape index (κ3) is 5.49. The molecule has 1 unspecified atom stereocenters. The van der Waals surface area contributed by atoms with E-state index in [1.54, 1.807) is 0 Å². The molecule has 0 saturated heterocycles. The average Bonchev–Trinajstić information content (AvgIpc) is 2.77. The fourth-order valence-electron chi connectivity index (χ4n) is 3.55. The molecule has 4 heteroatoms. The molecule has 154 valence electrons. The summed E-state index contributed by atoms with van der Waals surface area (Å²) < 4.78 is 17.9. The van der Waals surface area contributed by atoms with E-state index in [4.69, 9.17) is 19.9 Å². The zero-order chi connectivity index (χ0) is 20.5. The molecule has 3 rings (SSSR count). The highest BCUT2D eigenvalue weighted by atomic mass is 16.5. The predicted molar refractivity (Wildman–Crippen MR) is 117 cm³/mol. The number of hydrogen-bond donors (Lipinski definition) is 1. The summed E-state index contributed by atoms with van der Waals surface area (Å²) in [6.07, 6.45) is 12.7. The number of rotatable bonds is 9. The SMILES string of the molecule is CCOCC1=CCCC=C1C(OCC)=C1C=CC(Oc2ccccc2)=CC1CN. The maximum Gasteiger partial charge on any atom is 0.130 e. The number of allylic oxidation sites excluding steroid dienone is 5. The Bertz CT molecular complexity index is 831. The topological polar surface area (TPSA) is 53.7 Å². The Morgan fingerprint density at radius 3 is 2.55 bits per heavy atom. The normalized spacial score (nSPS) is 20.5. The maximum atomic E-state index is 6.15. The van der Waals surface area contributed by atoms with Gasteiger partial charge in [-0.2, -0.15) is 0 Å². The molecule has 0 radical (unpaired) electrons. The van der Waals surface area contributed by atoms with E-state index < -0.39 is 0 Å². The summed E-state index contributed by atoms with van der Waals surface area (Å²) in [5, 5.41) is 0. The summed E-state index contributed by atoms with van der Waals surface area (Å²) in [6, 6.07) is 9.79. The van der Waals surface area contributed by atoms with Crippen molar-refractivity contribution >= 4 is 0 Å². The van der Waals surface area contributed by atoms with E-state index in [1.165, 1.54) is 5.57 Å². The number of hydrogen-bond acceptors (Lipinski definition) is 4. The molecule has 0 spiro atoms. The van der Waals surface area contributed by atoms with E-state index in [1.807, 2.05) is 50.3 Å². The van der Waals surface area contributed by atoms with Gasteiger partial charge in [0.2, 0.25) is 0 Å². The molecule has 0 bridgehead atoms. The molecule has 0 aliphatic heterocycles. The summed E-state index contributed by atoms with van der Waals surface area (Å²) in [7, 11) is 0. The van der Waals surface area contributed by atoms with Gasteiger partial charge in [0.25, 0.3) is 0 Å². The highest BCUT2D eigenvalue weighted by Gasteiger charge is 2.24. The molecule has 0 heterocycles. The van der Waals surface area contributed by atoms with Crippen molar-refractivity contribution < 1.29 is 14.2 Å². The second-order valence-electron chi connectivity index (χ2n) is 6.94. The molecule has 29 heavy (non-hydrogen) atoms. The van der Waals surface area contributed by atoms with Gasteiger partial charge in [0.15, 0.2) is 0 Å². The lowest BCUT2D eigenvalue weighted by atomic mass is 9.87. The lowest BCUT2D eigenvalue weighted by Gasteiger charge is -2.26. The van der Waals surface area contributed by atoms with Crippen LogP contribution in [0.1, 0.15) is 26.7 Å². The van der Waals surface area contributed by atoms with Gasteiger partial charge in [0.1, 0.15) is 17.3 Å². The molecule has 0 aromatic heterocycles. The van der Waals surface area contributed by atoms with Crippen LogP contribution in [0.4, 0.5) is 0 Å². The van der Waals surface area contributed by atoms with Gasteiger partial charge in [-0.3, -0.25) is 0 Å². The van der Waals surface area contributed by atoms with Crippen molar-refractivity contribution in [1.82, 2.24) is 0 Å². The van der Waals surface area contributed by atoms with Gasteiger partial charge in [0, 0.05) is 30.2 Å². The molecule has 4 nitrogen and oxygen atoms in total. The molecule has 0 amide bonds. The molecule has 1 atom stereocenters. The minimum absolute atomic E-state index is 0.0245. The van der Waals surface area contributed by atoms with Crippen LogP contribution in [0, 0.1) is 5.92 Å². The number of benzene rings is 1. The highest BCUT2D eigenvalue weighted by molar-refractivity contribution is 5.53. The van der Waals surface area contributed by atoms with Gasteiger partial charge in [-0.15, -0.1) is 0 Å². The monoisotopic (exact) mass is 393 g/mol. The van der Waals surface area contributed by atoms with Crippen LogP contribution in [0.5, 0.6) is 5.75 Å². The third-order valence-corrected chi connectivity index (χ3v) is 4.93. The van der Waals surface area contributed by atoms with Crippen molar-refractivity contribution in [3.05, 3.63) is 88.9 Å². The first-order valence-electron chi connectivity index (χ1n) is 10.4. The standard InChI is InChI=1S/C25H31NO3/c1-3-27-18-19-10-8-9-13-23(19)25(28-4-2)24-15-14-22(16-20(24)17-26)29-21-11-6-5-7-12-21/h5-7,10-16,20H,3-4,8-9,17-18,26H2,1-2H3. The Labute approximate surface area is 174 Å². The molecule has 1 aromatic rings. The van der Waals surface area contributed by atoms with Crippen molar-refractivity contribution in [3.63, 3.8) is 0 Å². The lowest BCUT2D eigenvalue weighted by Crippen LogP contribution is -2.20. The van der Waals surface area contributed by atoms with Crippen LogP contribution in [0.25, 0.3) is 0 Å². The largest absolute Gasteiger partial charge is 0.493 e. The lowest BCUT2D eigenvalue weighted by molar-refractivity contribution is 0.169. The van der Waals surface area contributed by atoms with Gasteiger partial charge < -0.3 is 19.9 Å².